The van der Waals surface area contributed by atoms with E-state index in [1.807, 2.05) is 6.07 Å². The van der Waals surface area contributed by atoms with Crippen LogP contribution in [0.1, 0.15) is 51.1 Å². The molecule has 1 aliphatic carbocycles. The summed E-state index contributed by atoms with van der Waals surface area (Å²) in [6.07, 6.45) is 5.26. The summed E-state index contributed by atoms with van der Waals surface area (Å²) in [4.78, 5) is 0. The molecule has 0 radical (unpaired) electrons. The van der Waals surface area contributed by atoms with E-state index in [9.17, 15) is 0 Å². The van der Waals surface area contributed by atoms with Gasteiger partial charge in [0.05, 0.1) is 6.04 Å². The van der Waals surface area contributed by atoms with Crippen molar-refractivity contribution in [1.82, 2.24) is 5.32 Å². The molecule has 2 aliphatic rings. The van der Waals surface area contributed by atoms with Crippen LogP contribution >= 0.6 is 0 Å². The minimum atomic E-state index is 0.396. The predicted octanol–water partition coefficient (Wildman–Crippen LogP) is 3.68. The van der Waals surface area contributed by atoms with Crippen LogP contribution < -0.4 is 10.1 Å². The fraction of sp³-hybridized carbons (Fsp3) is 0.625. The van der Waals surface area contributed by atoms with Gasteiger partial charge in [-0.3, -0.25) is 0 Å². The highest BCUT2D eigenvalue weighted by molar-refractivity contribution is 5.39. The van der Waals surface area contributed by atoms with Crippen molar-refractivity contribution in [2.45, 2.75) is 51.6 Å². The van der Waals surface area contributed by atoms with Crippen LogP contribution in [0.3, 0.4) is 0 Å². The molecule has 2 heteroatoms. The van der Waals surface area contributed by atoms with E-state index < -0.39 is 0 Å². The van der Waals surface area contributed by atoms with Crippen molar-refractivity contribution >= 4 is 0 Å². The smallest absolute Gasteiger partial charge is 0.124 e. The highest BCUT2D eigenvalue weighted by Gasteiger charge is 2.30. The second-order valence-electron chi connectivity index (χ2n) is 6.51. The topological polar surface area (TPSA) is 21.3 Å². The molecule has 1 saturated carbocycles. The Morgan fingerprint density at radius 2 is 1.89 bits per heavy atom. The zero-order chi connectivity index (χ0) is 12.6. The number of ether oxygens (including phenoxy) is 1. The number of hydrogen-bond acceptors (Lipinski definition) is 2. The second kappa shape index (κ2) is 4.58. The van der Waals surface area contributed by atoms with E-state index in [2.05, 4.69) is 37.4 Å². The van der Waals surface area contributed by atoms with Gasteiger partial charge in [-0.25, -0.2) is 0 Å². The van der Waals surface area contributed by atoms with Crippen LogP contribution in [0.4, 0.5) is 0 Å². The van der Waals surface area contributed by atoms with Gasteiger partial charge in [-0.05, 0) is 37.2 Å². The fourth-order valence-electron chi connectivity index (χ4n) is 3.15. The highest BCUT2D eigenvalue weighted by Crippen LogP contribution is 2.37. The van der Waals surface area contributed by atoms with Gasteiger partial charge in [0.2, 0.25) is 0 Å². The van der Waals surface area contributed by atoms with E-state index in [1.54, 1.807) is 0 Å². The first-order chi connectivity index (χ1) is 8.64. The third kappa shape index (κ3) is 2.39. The lowest BCUT2D eigenvalue weighted by Gasteiger charge is -2.35. The lowest BCUT2D eigenvalue weighted by atomic mass is 9.75. The van der Waals surface area contributed by atoms with Crippen LogP contribution in [0, 0.1) is 5.41 Å². The number of rotatable bonds is 2. The maximum absolute atomic E-state index is 5.73. The molecular formula is C16H23NO. The molecule has 1 N–H and O–H groups in total. The van der Waals surface area contributed by atoms with Crippen molar-refractivity contribution in [2.24, 2.45) is 5.41 Å². The lowest BCUT2D eigenvalue weighted by Crippen LogP contribution is -2.38. The molecular weight excluding hydrogens is 222 g/mol. The lowest BCUT2D eigenvalue weighted by molar-refractivity contribution is 0.191. The van der Waals surface area contributed by atoms with Crippen LogP contribution in [0.25, 0.3) is 0 Å². The van der Waals surface area contributed by atoms with Crippen LogP contribution in [-0.4, -0.2) is 12.6 Å². The first-order valence-electron chi connectivity index (χ1n) is 7.12. The Kier molecular flexibility index (Phi) is 3.06. The van der Waals surface area contributed by atoms with Gasteiger partial charge in [-0.1, -0.05) is 32.0 Å². The molecule has 1 unspecified atom stereocenters. The molecule has 3 rings (SSSR count). The molecule has 1 heterocycles. The van der Waals surface area contributed by atoms with Crippen molar-refractivity contribution in [3.05, 3.63) is 29.8 Å². The number of nitrogens with one attached hydrogen (secondary N) is 1. The summed E-state index contributed by atoms with van der Waals surface area (Å²) in [7, 11) is 0. The standard InChI is InChI=1S/C16H23NO/c1-16(2)9-7-12(8-10-16)17-14-11-18-15-6-4-3-5-13(14)15/h3-6,12,14,17H,7-11H2,1-2H3. The average Bonchev–Trinajstić information content (AvgIpc) is 2.76. The van der Waals surface area contributed by atoms with Gasteiger partial charge in [-0.2, -0.15) is 0 Å². The molecule has 98 valence electrons. The summed E-state index contributed by atoms with van der Waals surface area (Å²) >= 11 is 0. The highest BCUT2D eigenvalue weighted by atomic mass is 16.5. The zero-order valence-corrected chi connectivity index (χ0v) is 11.4. The van der Waals surface area contributed by atoms with Crippen LogP contribution in [-0.2, 0) is 0 Å². The normalized spacial score (nSPS) is 26.7. The summed E-state index contributed by atoms with van der Waals surface area (Å²) in [6.45, 7) is 5.56. The molecule has 1 aromatic carbocycles. The van der Waals surface area contributed by atoms with E-state index in [-0.39, 0.29) is 0 Å². The van der Waals surface area contributed by atoms with E-state index in [0.29, 0.717) is 17.5 Å². The summed E-state index contributed by atoms with van der Waals surface area (Å²) in [5.41, 5.74) is 1.88. The largest absolute Gasteiger partial charge is 0.491 e. The fourth-order valence-corrected chi connectivity index (χ4v) is 3.15. The van der Waals surface area contributed by atoms with Crippen LogP contribution in [0.15, 0.2) is 24.3 Å². The first kappa shape index (κ1) is 12.0. The minimum Gasteiger partial charge on any atom is -0.491 e. The quantitative estimate of drug-likeness (QED) is 0.858. The molecule has 0 aromatic heterocycles. The van der Waals surface area contributed by atoms with Gasteiger partial charge in [0, 0.05) is 11.6 Å². The van der Waals surface area contributed by atoms with Gasteiger partial charge in [0.15, 0.2) is 0 Å². The van der Waals surface area contributed by atoms with Crippen molar-refractivity contribution in [1.29, 1.82) is 0 Å². The Morgan fingerprint density at radius 1 is 1.17 bits per heavy atom. The number of hydrogen-bond donors (Lipinski definition) is 1. The first-order valence-corrected chi connectivity index (χ1v) is 7.12. The van der Waals surface area contributed by atoms with Gasteiger partial charge >= 0.3 is 0 Å². The molecule has 2 nitrogen and oxygen atoms in total. The summed E-state index contributed by atoms with van der Waals surface area (Å²) in [6, 6.07) is 9.47. The van der Waals surface area contributed by atoms with Crippen LogP contribution in [0.2, 0.25) is 0 Å². The molecule has 1 fully saturated rings. The summed E-state index contributed by atoms with van der Waals surface area (Å²) < 4.78 is 5.73. The van der Waals surface area contributed by atoms with Crippen molar-refractivity contribution in [3.63, 3.8) is 0 Å². The zero-order valence-electron chi connectivity index (χ0n) is 11.4. The Labute approximate surface area is 110 Å². The molecule has 0 saturated heterocycles. The molecule has 1 aliphatic heterocycles. The van der Waals surface area contributed by atoms with Gasteiger partial charge in [-0.15, -0.1) is 0 Å². The average molecular weight is 245 g/mol. The molecule has 1 atom stereocenters. The third-order valence-corrected chi connectivity index (χ3v) is 4.48. The second-order valence-corrected chi connectivity index (χ2v) is 6.51. The Balaban J connectivity index is 1.62. The Hall–Kier alpha value is -1.02. The summed E-state index contributed by atoms with van der Waals surface area (Å²) in [5.74, 6) is 1.06. The Bertz CT molecular complexity index is 417. The van der Waals surface area contributed by atoms with Crippen molar-refractivity contribution in [3.8, 4) is 5.75 Å². The maximum Gasteiger partial charge on any atom is 0.124 e. The molecule has 18 heavy (non-hydrogen) atoms. The van der Waals surface area contributed by atoms with E-state index >= 15 is 0 Å². The molecule has 0 amide bonds. The number of para-hydroxylation sites is 1. The van der Waals surface area contributed by atoms with Crippen LogP contribution in [0.5, 0.6) is 5.75 Å². The van der Waals surface area contributed by atoms with Gasteiger partial charge in [0.1, 0.15) is 12.4 Å². The minimum absolute atomic E-state index is 0.396. The van der Waals surface area contributed by atoms with Crippen molar-refractivity contribution < 1.29 is 4.74 Å². The number of fused-ring (bicyclic) bond motifs is 1. The monoisotopic (exact) mass is 245 g/mol. The maximum atomic E-state index is 5.73. The predicted molar refractivity (Wildman–Crippen MR) is 73.9 cm³/mol. The Morgan fingerprint density at radius 3 is 2.67 bits per heavy atom. The van der Waals surface area contributed by atoms with Crippen molar-refractivity contribution in [2.75, 3.05) is 6.61 Å². The van der Waals surface area contributed by atoms with E-state index in [1.165, 1.54) is 31.2 Å². The van der Waals surface area contributed by atoms with Gasteiger partial charge < -0.3 is 10.1 Å². The molecule has 0 bridgehead atoms. The molecule has 0 spiro atoms. The SMILES string of the molecule is CC1(C)CCC(NC2COc3ccccc32)CC1. The summed E-state index contributed by atoms with van der Waals surface area (Å²) in [5, 5.41) is 3.79. The van der Waals surface area contributed by atoms with Gasteiger partial charge in [0.25, 0.3) is 0 Å². The van der Waals surface area contributed by atoms with E-state index in [4.69, 9.17) is 4.74 Å². The number of benzene rings is 1. The van der Waals surface area contributed by atoms with E-state index in [0.717, 1.165) is 12.4 Å². The third-order valence-electron chi connectivity index (χ3n) is 4.48. The molecule has 1 aromatic rings.